The summed E-state index contributed by atoms with van der Waals surface area (Å²) in [6.07, 6.45) is 0.934. The third kappa shape index (κ3) is 2.56. The van der Waals surface area contributed by atoms with Crippen molar-refractivity contribution in [3.63, 3.8) is 0 Å². The molecule has 2 aromatic rings. The maximum absolute atomic E-state index is 13.9. The molecule has 1 aliphatic heterocycles. The number of hydrogen-bond acceptors (Lipinski definition) is 2. The van der Waals surface area contributed by atoms with Gasteiger partial charge in [0.2, 0.25) is 0 Å². The van der Waals surface area contributed by atoms with E-state index in [2.05, 4.69) is 5.32 Å². The molecule has 0 aliphatic carbocycles. The average Bonchev–Trinajstić information content (AvgIpc) is 3.00. The van der Waals surface area contributed by atoms with Crippen LogP contribution in [0, 0.1) is 5.82 Å². The van der Waals surface area contributed by atoms with Crippen molar-refractivity contribution in [1.82, 2.24) is 4.90 Å². The highest BCUT2D eigenvalue weighted by Gasteiger charge is 2.22. The lowest BCUT2D eigenvalue weighted by molar-refractivity contribution is 0.0740. The first-order chi connectivity index (χ1) is 10.6. The van der Waals surface area contributed by atoms with E-state index >= 15 is 0 Å². The fourth-order valence-electron chi connectivity index (χ4n) is 2.84. The van der Waals surface area contributed by atoms with Crippen LogP contribution in [0.2, 0.25) is 0 Å². The SMILES string of the molecule is CC(c1ccccc1F)N(C)C(=O)c1ccc2c(c1)CCN2. The van der Waals surface area contributed by atoms with Crippen LogP contribution >= 0.6 is 0 Å². The zero-order valence-corrected chi connectivity index (χ0v) is 12.8. The number of fused-ring (bicyclic) bond motifs is 1. The summed E-state index contributed by atoms with van der Waals surface area (Å²) < 4.78 is 13.9. The number of carbonyl (C=O) groups is 1. The van der Waals surface area contributed by atoms with Crippen molar-refractivity contribution in [2.45, 2.75) is 19.4 Å². The molecule has 0 saturated carbocycles. The van der Waals surface area contributed by atoms with Crippen LogP contribution in [0.4, 0.5) is 10.1 Å². The largest absolute Gasteiger partial charge is 0.384 e. The van der Waals surface area contributed by atoms with Crippen LogP contribution in [0.3, 0.4) is 0 Å². The van der Waals surface area contributed by atoms with Gasteiger partial charge in [-0.15, -0.1) is 0 Å². The predicted molar refractivity (Wildman–Crippen MR) is 85.5 cm³/mol. The van der Waals surface area contributed by atoms with E-state index in [0.29, 0.717) is 11.1 Å². The van der Waals surface area contributed by atoms with Gasteiger partial charge in [-0.1, -0.05) is 18.2 Å². The number of carbonyl (C=O) groups excluding carboxylic acids is 1. The number of halogens is 1. The quantitative estimate of drug-likeness (QED) is 0.938. The lowest BCUT2D eigenvalue weighted by Crippen LogP contribution is -2.30. The van der Waals surface area contributed by atoms with Gasteiger partial charge >= 0.3 is 0 Å². The van der Waals surface area contributed by atoms with Crippen LogP contribution in [0.15, 0.2) is 42.5 Å². The van der Waals surface area contributed by atoms with Gasteiger partial charge in [-0.3, -0.25) is 4.79 Å². The molecule has 1 unspecified atom stereocenters. The molecule has 0 bridgehead atoms. The minimum absolute atomic E-state index is 0.0922. The van der Waals surface area contributed by atoms with E-state index in [9.17, 15) is 9.18 Å². The first-order valence-corrected chi connectivity index (χ1v) is 7.46. The standard InChI is InChI=1S/C18H19FN2O/c1-12(15-5-3-4-6-16(15)19)21(2)18(22)14-7-8-17-13(11-14)9-10-20-17/h3-8,11-12,20H,9-10H2,1-2H3. The normalized spacial score (nSPS) is 14.1. The molecule has 22 heavy (non-hydrogen) atoms. The van der Waals surface area contributed by atoms with Gasteiger partial charge in [0.05, 0.1) is 6.04 Å². The molecule has 3 rings (SSSR count). The minimum Gasteiger partial charge on any atom is -0.384 e. The first kappa shape index (κ1) is 14.6. The third-order valence-corrected chi connectivity index (χ3v) is 4.32. The second kappa shape index (κ2) is 5.79. The zero-order valence-electron chi connectivity index (χ0n) is 12.8. The predicted octanol–water partition coefficient (Wildman–Crippen LogP) is 3.63. The van der Waals surface area contributed by atoms with Crippen molar-refractivity contribution < 1.29 is 9.18 Å². The fraction of sp³-hybridized carbons (Fsp3) is 0.278. The number of hydrogen-bond donors (Lipinski definition) is 1. The molecule has 1 aliphatic rings. The Morgan fingerprint density at radius 2 is 2.05 bits per heavy atom. The summed E-state index contributed by atoms with van der Waals surface area (Å²) in [4.78, 5) is 14.2. The summed E-state index contributed by atoms with van der Waals surface area (Å²) in [5, 5.41) is 3.28. The van der Waals surface area contributed by atoms with Crippen molar-refractivity contribution in [3.05, 3.63) is 65.0 Å². The van der Waals surface area contributed by atoms with Gasteiger partial charge in [0.1, 0.15) is 5.82 Å². The Morgan fingerprint density at radius 1 is 1.27 bits per heavy atom. The van der Waals surface area contributed by atoms with Crippen molar-refractivity contribution in [3.8, 4) is 0 Å². The van der Waals surface area contributed by atoms with E-state index in [0.717, 1.165) is 24.2 Å². The number of benzene rings is 2. The van der Waals surface area contributed by atoms with Gasteiger partial charge in [0, 0.05) is 30.4 Å². The summed E-state index contributed by atoms with van der Waals surface area (Å²) in [6, 6.07) is 12.0. The average molecular weight is 298 g/mol. The molecule has 0 aromatic heterocycles. The van der Waals surface area contributed by atoms with Crippen LogP contribution in [0.25, 0.3) is 0 Å². The monoisotopic (exact) mass is 298 g/mol. The lowest BCUT2D eigenvalue weighted by atomic mass is 10.0. The van der Waals surface area contributed by atoms with Crippen LogP contribution in [0.5, 0.6) is 0 Å². The molecule has 1 heterocycles. The Kier molecular flexibility index (Phi) is 3.84. The lowest BCUT2D eigenvalue weighted by Gasteiger charge is -2.26. The van der Waals surface area contributed by atoms with E-state index < -0.39 is 0 Å². The molecule has 1 atom stereocenters. The van der Waals surface area contributed by atoms with Crippen LogP contribution < -0.4 is 5.32 Å². The molecule has 0 saturated heterocycles. The summed E-state index contributed by atoms with van der Waals surface area (Å²) in [6.45, 7) is 2.75. The molecule has 0 radical (unpaired) electrons. The number of amides is 1. The molecule has 4 heteroatoms. The highest BCUT2D eigenvalue weighted by Crippen LogP contribution is 2.26. The minimum atomic E-state index is -0.319. The first-order valence-electron chi connectivity index (χ1n) is 7.46. The molecule has 0 fully saturated rings. The Morgan fingerprint density at radius 3 is 2.82 bits per heavy atom. The Labute approximate surface area is 129 Å². The van der Waals surface area contributed by atoms with E-state index in [4.69, 9.17) is 0 Å². The topological polar surface area (TPSA) is 32.3 Å². The second-order valence-corrected chi connectivity index (χ2v) is 5.66. The van der Waals surface area contributed by atoms with Crippen LogP contribution in [0.1, 0.15) is 34.5 Å². The van der Waals surface area contributed by atoms with Gasteiger partial charge in [-0.2, -0.15) is 0 Å². The van der Waals surface area contributed by atoms with Gasteiger partial charge in [0.25, 0.3) is 5.91 Å². The zero-order chi connectivity index (χ0) is 15.7. The maximum atomic E-state index is 13.9. The second-order valence-electron chi connectivity index (χ2n) is 5.66. The van der Waals surface area contributed by atoms with Gasteiger partial charge in [-0.25, -0.2) is 4.39 Å². The molecular weight excluding hydrogens is 279 g/mol. The molecule has 0 spiro atoms. The van der Waals surface area contributed by atoms with E-state index in [1.165, 1.54) is 6.07 Å². The smallest absolute Gasteiger partial charge is 0.254 e. The Balaban J connectivity index is 1.84. The van der Waals surface area contributed by atoms with E-state index in [1.54, 1.807) is 30.1 Å². The molecule has 114 valence electrons. The van der Waals surface area contributed by atoms with Crippen molar-refractivity contribution in [1.29, 1.82) is 0 Å². The fourth-order valence-corrected chi connectivity index (χ4v) is 2.84. The van der Waals surface area contributed by atoms with Crippen molar-refractivity contribution in [2.24, 2.45) is 0 Å². The summed E-state index contributed by atoms with van der Waals surface area (Å²) in [5.41, 5.74) is 3.44. The number of rotatable bonds is 3. The number of anilines is 1. The molecule has 3 nitrogen and oxygen atoms in total. The Bertz CT molecular complexity index is 714. The van der Waals surface area contributed by atoms with Crippen molar-refractivity contribution in [2.75, 3.05) is 18.9 Å². The molecular formula is C18H19FN2O. The highest BCUT2D eigenvalue weighted by atomic mass is 19.1. The van der Waals surface area contributed by atoms with E-state index in [-0.39, 0.29) is 17.8 Å². The molecule has 1 N–H and O–H groups in total. The van der Waals surface area contributed by atoms with Gasteiger partial charge in [-0.05, 0) is 43.2 Å². The maximum Gasteiger partial charge on any atom is 0.254 e. The Hall–Kier alpha value is -2.36. The van der Waals surface area contributed by atoms with Gasteiger partial charge < -0.3 is 10.2 Å². The number of nitrogens with zero attached hydrogens (tertiary/aromatic N) is 1. The summed E-state index contributed by atoms with van der Waals surface area (Å²) in [5.74, 6) is -0.377. The number of nitrogens with one attached hydrogen (secondary N) is 1. The molecule has 2 aromatic carbocycles. The highest BCUT2D eigenvalue weighted by molar-refractivity contribution is 5.95. The van der Waals surface area contributed by atoms with Gasteiger partial charge in [0.15, 0.2) is 0 Å². The van der Waals surface area contributed by atoms with Crippen LogP contribution in [-0.2, 0) is 6.42 Å². The van der Waals surface area contributed by atoms with Crippen molar-refractivity contribution >= 4 is 11.6 Å². The van der Waals surface area contributed by atoms with E-state index in [1.807, 2.05) is 25.1 Å². The molecule has 1 amide bonds. The third-order valence-electron chi connectivity index (χ3n) is 4.32. The summed E-state index contributed by atoms with van der Waals surface area (Å²) >= 11 is 0. The summed E-state index contributed by atoms with van der Waals surface area (Å²) in [7, 11) is 1.71. The van der Waals surface area contributed by atoms with Crippen LogP contribution in [-0.4, -0.2) is 24.4 Å².